The summed E-state index contributed by atoms with van der Waals surface area (Å²) >= 11 is 0. The first-order valence-electron chi connectivity index (χ1n) is 10.3. The predicted molar refractivity (Wildman–Crippen MR) is 112 cm³/mol. The van der Waals surface area contributed by atoms with Gasteiger partial charge in [-0.1, -0.05) is 12.1 Å². The molecule has 0 spiro atoms. The van der Waals surface area contributed by atoms with Crippen LogP contribution in [0.5, 0.6) is 0 Å². The van der Waals surface area contributed by atoms with Crippen LogP contribution in [0, 0.1) is 6.92 Å². The van der Waals surface area contributed by atoms with Crippen molar-refractivity contribution in [2.45, 2.75) is 44.9 Å². The van der Waals surface area contributed by atoms with Crippen molar-refractivity contribution < 1.29 is 18.0 Å². The summed E-state index contributed by atoms with van der Waals surface area (Å²) in [6.07, 6.45) is 1.03. The molecule has 1 aromatic carbocycles. The fraction of sp³-hybridized carbons (Fsp3) is 0.364. The van der Waals surface area contributed by atoms with Crippen LogP contribution in [0.15, 0.2) is 48.9 Å². The fourth-order valence-corrected chi connectivity index (χ4v) is 4.04. The highest BCUT2D eigenvalue weighted by Crippen LogP contribution is 2.30. The van der Waals surface area contributed by atoms with Gasteiger partial charge in [-0.05, 0) is 50.5 Å². The highest BCUT2D eigenvalue weighted by Gasteiger charge is 2.34. The Morgan fingerprint density at radius 2 is 1.91 bits per heavy atom. The summed E-state index contributed by atoms with van der Waals surface area (Å²) in [6, 6.07) is 7.46. The second kappa shape index (κ2) is 8.60. The van der Waals surface area contributed by atoms with Crippen molar-refractivity contribution in [3.63, 3.8) is 0 Å². The zero-order valence-electron chi connectivity index (χ0n) is 17.7. The average Bonchev–Trinajstić information content (AvgIpc) is 3.29. The van der Waals surface area contributed by atoms with Crippen molar-refractivity contribution >= 4 is 11.7 Å². The van der Waals surface area contributed by atoms with E-state index in [0.717, 1.165) is 30.7 Å². The van der Waals surface area contributed by atoms with Crippen LogP contribution >= 0.6 is 0 Å². The Morgan fingerprint density at radius 3 is 2.56 bits per heavy atom. The molecular formula is C22H23F3N6O. The van der Waals surface area contributed by atoms with E-state index < -0.39 is 11.7 Å². The number of anilines is 1. The van der Waals surface area contributed by atoms with E-state index in [9.17, 15) is 18.0 Å². The van der Waals surface area contributed by atoms with Gasteiger partial charge in [0, 0.05) is 24.8 Å². The van der Waals surface area contributed by atoms with Crippen LogP contribution in [-0.4, -0.2) is 49.4 Å². The smallest absolute Gasteiger partial charge is 0.365 e. The number of rotatable bonds is 4. The van der Waals surface area contributed by atoms with Gasteiger partial charge in [0.05, 0.1) is 23.5 Å². The standard InChI is InChI=1S/C22H23F3N6O/c1-14-5-3-6-17(20(14)31-27-10-11-28-31)21(32)30-12-4-7-18(15(30)2)29-19-9-8-16(13-26-19)22(23,24)25/h3,5-6,8-11,13,15,18H,4,7,12H2,1-2H3,(H,26,29)/t15-,18+/m0/s1. The number of aromatic nitrogens is 4. The summed E-state index contributed by atoms with van der Waals surface area (Å²) in [7, 11) is 0. The molecule has 4 rings (SSSR count). The van der Waals surface area contributed by atoms with Crippen LogP contribution in [-0.2, 0) is 6.18 Å². The lowest BCUT2D eigenvalue weighted by Gasteiger charge is -2.40. The highest BCUT2D eigenvalue weighted by atomic mass is 19.4. The molecular weight excluding hydrogens is 421 g/mol. The Bertz CT molecular complexity index is 1080. The summed E-state index contributed by atoms with van der Waals surface area (Å²) in [5.74, 6) is 0.210. The van der Waals surface area contributed by atoms with Crippen LogP contribution in [0.3, 0.4) is 0 Å². The van der Waals surface area contributed by atoms with Gasteiger partial charge in [0.15, 0.2) is 0 Å². The molecule has 0 radical (unpaired) electrons. The van der Waals surface area contributed by atoms with Crippen LogP contribution in [0.1, 0.15) is 41.3 Å². The Kier molecular flexibility index (Phi) is 5.86. The van der Waals surface area contributed by atoms with Gasteiger partial charge in [-0.25, -0.2) is 4.98 Å². The van der Waals surface area contributed by atoms with E-state index in [-0.39, 0.29) is 18.0 Å². The fourth-order valence-electron chi connectivity index (χ4n) is 4.04. The lowest BCUT2D eigenvalue weighted by molar-refractivity contribution is -0.137. The number of halogens is 3. The van der Waals surface area contributed by atoms with Crippen molar-refractivity contribution in [1.82, 2.24) is 24.9 Å². The van der Waals surface area contributed by atoms with E-state index in [1.54, 1.807) is 23.4 Å². The number of nitrogens with zero attached hydrogens (tertiary/aromatic N) is 5. The van der Waals surface area contributed by atoms with E-state index in [0.29, 0.717) is 23.6 Å². The molecule has 1 amide bonds. The van der Waals surface area contributed by atoms with Crippen molar-refractivity contribution in [1.29, 1.82) is 0 Å². The van der Waals surface area contributed by atoms with Gasteiger partial charge >= 0.3 is 6.18 Å². The van der Waals surface area contributed by atoms with Gasteiger partial charge in [-0.15, -0.1) is 0 Å². The molecule has 1 aliphatic heterocycles. The Hall–Kier alpha value is -3.43. The third-order valence-corrected chi connectivity index (χ3v) is 5.76. The van der Waals surface area contributed by atoms with Gasteiger partial charge in [-0.3, -0.25) is 4.79 Å². The minimum Gasteiger partial charge on any atom is -0.365 e. The zero-order chi connectivity index (χ0) is 22.9. The minimum atomic E-state index is -4.43. The molecule has 1 aliphatic rings. The highest BCUT2D eigenvalue weighted by molar-refractivity contribution is 5.98. The summed E-state index contributed by atoms with van der Waals surface area (Å²) in [6.45, 7) is 4.41. The van der Waals surface area contributed by atoms with E-state index in [1.807, 2.05) is 26.0 Å². The molecule has 168 valence electrons. The summed E-state index contributed by atoms with van der Waals surface area (Å²) < 4.78 is 38.4. The van der Waals surface area contributed by atoms with Crippen molar-refractivity contribution in [2.24, 2.45) is 0 Å². The first-order chi connectivity index (χ1) is 15.3. The lowest BCUT2D eigenvalue weighted by Crippen LogP contribution is -2.52. The Balaban J connectivity index is 1.55. The quantitative estimate of drug-likeness (QED) is 0.656. The molecule has 1 fully saturated rings. The number of carbonyl (C=O) groups is 1. The third kappa shape index (κ3) is 4.30. The molecule has 0 saturated carbocycles. The molecule has 1 saturated heterocycles. The maximum absolute atomic E-state index is 13.5. The maximum Gasteiger partial charge on any atom is 0.417 e. The molecule has 0 unspecified atom stereocenters. The van der Waals surface area contributed by atoms with Gasteiger partial charge in [0.1, 0.15) is 11.5 Å². The van der Waals surface area contributed by atoms with E-state index in [1.165, 1.54) is 10.9 Å². The van der Waals surface area contributed by atoms with Crippen molar-refractivity contribution in [2.75, 3.05) is 11.9 Å². The minimum absolute atomic E-state index is 0.139. The Labute approximate surface area is 183 Å². The van der Waals surface area contributed by atoms with Crippen LogP contribution in [0.4, 0.5) is 19.0 Å². The number of benzene rings is 1. The van der Waals surface area contributed by atoms with E-state index in [2.05, 4.69) is 20.5 Å². The van der Waals surface area contributed by atoms with E-state index in [4.69, 9.17) is 0 Å². The third-order valence-electron chi connectivity index (χ3n) is 5.76. The second-order valence-corrected chi connectivity index (χ2v) is 7.85. The Morgan fingerprint density at radius 1 is 1.16 bits per heavy atom. The number of para-hydroxylation sites is 1. The van der Waals surface area contributed by atoms with Crippen LogP contribution in [0.2, 0.25) is 0 Å². The number of pyridine rings is 1. The number of hydrogen-bond acceptors (Lipinski definition) is 5. The first kappa shape index (κ1) is 21.8. The van der Waals surface area contributed by atoms with Gasteiger partial charge in [-0.2, -0.15) is 28.2 Å². The molecule has 7 nitrogen and oxygen atoms in total. The number of likely N-dealkylation sites (tertiary alicyclic amines) is 1. The number of alkyl halides is 3. The van der Waals surface area contributed by atoms with Gasteiger partial charge < -0.3 is 10.2 Å². The summed E-state index contributed by atoms with van der Waals surface area (Å²) in [4.78, 5) is 20.7. The average molecular weight is 444 g/mol. The number of nitrogens with one attached hydrogen (secondary N) is 1. The van der Waals surface area contributed by atoms with Gasteiger partial charge in [0.2, 0.25) is 0 Å². The van der Waals surface area contributed by atoms with Crippen LogP contribution in [0.25, 0.3) is 5.69 Å². The number of carbonyl (C=O) groups excluding carboxylic acids is 1. The lowest BCUT2D eigenvalue weighted by atomic mass is 9.95. The number of aryl methyl sites for hydroxylation is 1. The van der Waals surface area contributed by atoms with Gasteiger partial charge in [0.25, 0.3) is 5.91 Å². The SMILES string of the molecule is Cc1cccc(C(=O)N2CCC[C@@H](Nc3ccc(C(F)(F)F)cn3)[C@@H]2C)c1-n1nccn1. The topological polar surface area (TPSA) is 75.9 Å². The molecule has 10 heteroatoms. The van der Waals surface area contributed by atoms with E-state index >= 15 is 0 Å². The predicted octanol–water partition coefficient (Wildman–Crippen LogP) is 4.09. The maximum atomic E-state index is 13.5. The molecule has 3 aromatic rings. The molecule has 2 atom stereocenters. The van der Waals surface area contributed by atoms with Crippen molar-refractivity contribution in [3.05, 3.63) is 65.6 Å². The normalized spacial score (nSPS) is 19.1. The van der Waals surface area contributed by atoms with Crippen LogP contribution < -0.4 is 5.32 Å². The number of piperidine rings is 1. The molecule has 0 aliphatic carbocycles. The monoisotopic (exact) mass is 444 g/mol. The molecule has 1 N–H and O–H groups in total. The van der Waals surface area contributed by atoms with Crippen molar-refractivity contribution in [3.8, 4) is 5.69 Å². The molecule has 32 heavy (non-hydrogen) atoms. The zero-order valence-corrected chi connectivity index (χ0v) is 17.7. The number of amides is 1. The first-order valence-corrected chi connectivity index (χ1v) is 10.3. The largest absolute Gasteiger partial charge is 0.417 e. The second-order valence-electron chi connectivity index (χ2n) is 7.85. The molecule has 2 aromatic heterocycles. The molecule has 0 bridgehead atoms. The summed E-state index contributed by atoms with van der Waals surface area (Å²) in [5.41, 5.74) is 1.21. The number of hydrogen-bond donors (Lipinski definition) is 1. The summed E-state index contributed by atoms with van der Waals surface area (Å²) in [5, 5.41) is 11.6. The molecule has 3 heterocycles.